The highest BCUT2D eigenvalue weighted by Crippen LogP contribution is 2.56. The first kappa shape index (κ1) is 27.1. The van der Waals surface area contributed by atoms with Crippen LogP contribution in [0.1, 0.15) is 22.7 Å². The Labute approximate surface area is 292 Å². The molecule has 0 saturated heterocycles. The molecule has 0 N–H and O–H groups in total. The van der Waals surface area contributed by atoms with E-state index < -0.39 is 0 Å². The molecule has 1 unspecified atom stereocenters. The number of hydrogen-bond donors (Lipinski definition) is 0. The second-order valence-electron chi connectivity index (χ2n) is 13.6. The van der Waals surface area contributed by atoms with Crippen LogP contribution in [0.3, 0.4) is 0 Å². The minimum absolute atomic E-state index is 0.104. The first-order valence-electron chi connectivity index (χ1n) is 17.5. The van der Waals surface area contributed by atoms with E-state index in [9.17, 15) is 0 Å². The molecule has 0 fully saturated rings. The lowest BCUT2D eigenvalue weighted by molar-refractivity contribution is 0.877. The van der Waals surface area contributed by atoms with Crippen molar-refractivity contribution in [2.75, 3.05) is 4.90 Å². The summed E-state index contributed by atoms with van der Waals surface area (Å²) in [6.45, 7) is 0. The van der Waals surface area contributed by atoms with Gasteiger partial charge in [0.15, 0.2) is 11.6 Å². The molecule has 9 aromatic rings. The average Bonchev–Trinajstić information content (AvgIpc) is 3.90. The van der Waals surface area contributed by atoms with Crippen molar-refractivity contribution < 1.29 is 0 Å². The van der Waals surface area contributed by atoms with E-state index in [1.54, 1.807) is 0 Å². The van der Waals surface area contributed by atoms with Crippen LogP contribution in [0.15, 0.2) is 140 Å². The Balaban J connectivity index is 1.07. The van der Waals surface area contributed by atoms with Crippen LogP contribution in [-0.2, 0) is 6.42 Å². The zero-order valence-electron chi connectivity index (χ0n) is 27.4. The monoisotopic (exact) mass is 652 g/mol. The molecule has 4 heterocycles. The molecule has 3 aliphatic rings. The molecule has 2 aliphatic carbocycles. The Morgan fingerprint density at radius 2 is 1.31 bits per heavy atom. The minimum atomic E-state index is 0.104. The quantitative estimate of drug-likeness (QED) is 0.174. The van der Waals surface area contributed by atoms with Crippen molar-refractivity contribution in [1.82, 2.24) is 24.3 Å². The number of nitrogens with zero attached hydrogens (tertiary/aromatic N) is 6. The molecule has 6 aromatic carbocycles. The van der Waals surface area contributed by atoms with Gasteiger partial charge in [0.25, 0.3) is 0 Å². The van der Waals surface area contributed by atoms with Crippen molar-refractivity contribution in [3.05, 3.63) is 162 Å². The first-order chi connectivity index (χ1) is 25.3. The van der Waals surface area contributed by atoms with Crippen molar-refractivity contribution in [3.8, 4) is 34.2 Å². The lowest BCUT2D eigenvalue weighted by Crippen LogP contribution is -2.19. The van der Waals surface area contributed by atoms with Gasteiger partial charge < -0.3 is 9.47 Å². The van der Waals surface area contributed by atoms with Crippen molar-refractivity contribution in [2.45, 2.75) is 12.5 Å². The predicted molar refractivity (Wildman–Crippen MR) is 206 cm³/mol. The Morgan fingerprint density at radius 3 is 2.10 bits per heavy atom. The van der Waals surface area contributed by atoms with Gasteiger partial charge in [-0.1, -0.05) is 85.0 Å². The summed E-state index contributed by atoms with van der Waals surface area (Å²) in [5.74, 6) is 2.62. The predicted octanol–water partition coefficient (Wildman–Crippen LogP) is 9.52. The van der Waals surface area contributed by atoms with Crippen molar-refractivity contribution in [3.63, 3.8) is 0 Å². The molecule has 0 bridgehead atoms. The SMILES string of the molecule is C1=CC2c3c4c(ccc5c4c4c(n(-c6ccc(-c7nnc(-c8ccccc8)n7-c7ccccc7)cc6)c6ccc1c3c46)=CC5)N2c1ccccn1. The maximum absolute atomic E-state index is 4.82. The van der Waals surface area contributed by atoms with E-state index in [1.165, 1.54) is 60.2 Å². The number of rotatable bonds is 5. The van der Waals surface area contributed by atoms with E-state index in [-0.39, 0.29) is 6.04 Å². The summed E-state index contributed by atoms with van der Waals surface area (Å²) in [5.41, 5.74) is 10.8. The summed E-state index contributed by atoms with van der Waals surface area (Å²) < 4.78 is 4.63. The molecule has 0 spiro atoms. The van der Waals surface area contributed by atoms with Gasteiger partial charge in [0.1, 0.15) is 5.82 Å². The summed E-state index contributed by atoms with van der Waals surface area (Å²) in [6.07, 6.45) is 9.89. The van der Waals surface area contributed by atoms with E-state index in [1.807, 2.05) is 36.5 Å². The number of pyridine rings is 1. The molecule has 3 aromatic heterocycles. The van der Waals surface area contributed by atoms with E-state index in [0.29, 0.717) is 0 Å². The number of hydrogen-bond acceptors (Lipinski definition) is 4. The van der Waals surface area contributed by atoms with Crippen LogP contribution in [0.25, 0.3) is 78.8 Å². The lowest BCUT2D eigenvalue weighted by Gasteiger charge is -2.27. The van der Waals surface area contributed by atoms with E-state index in [0.717, 1.165) is 46.4 Å². The molecule has 6 nitrogen and oxygen atoms in total. The largest absolute Gasteiger partial charge is 0.315 e. The average molecular weight is 653 g/mol. The molecule has 6 heteroatoms. The summed E-state index contributed by atoms with van der Waals surface area (Å²) >= 11 is 0. The Morgan fingerprint density at radius 1 is 0.569 bits per heavy atom. The lowest BCUT2D eigenvalue weighted by atomic mass is 9.83. The zero-order chi connectivity index (χ0) is 33.2. The summed E-state index contributed by atoms with van der Waals surface area (Å²) in [5, 5.41) is 17.6. The molecular formula is C45H28N6. The molecule has 238 valence electrons. The van der Waals surface area contributed by atoms with Gasteiger partial charge in [0.05, 0.1) is 22.6 Å². The van der Waals surface area contributed by atoms with Gasteiger partial charge in [0.2, 0.25) is 0 Å². The molecule has 0 amide bonds. The molecule has 1 aliphatic heterocycles. The van der Waals surface area contributed by atoms with Crippen LogP contribution >= 0.6 is 0 Å². The number of aromatic nitrogens is 5. The van der Waals surface area contributed by atoms with Gasteiger partial charge in [-0.05, 0) is 94.5 Å². The third kappa shape index (κ3) is 3.53. The van der Waals surface area contributed by atoms with Crippen LogP contribution in [-0.4, -0.2) is 24.3 Å². The Bertz CT molecular complexity index is 2980. The molecule has 1 atom stereocenters. The first-order valence-corrected chi connectivity index (χ1v) is 17.5. The van der Waals surface area contributed by atoms with Crippen LogP contribution in [0.4, 0.5) is 11.5 Å². The molecule has 0 saturated carbocycles. The molecule has 0 radical (unpaired) electrons. The number of para-hydroxylation sites is 1. The second-order valence-corrected chi connectivity index (χ2v) is 13.6. The van der Waals surface area contributed by atoms with E-state index in [2.05, 4.69) is 129 Å². The summed E-state index contributed by atoms with van der Waals surface area (Å²) in [4.78, 5) is 7.25. The van der Waals surface area contributed by atoms with E-state index in [4.69, 9.17) is 15.2 Å². The second kappa shape index (κ2) is 9.89. The molecule has 12 rings (SSSR count). The fourth-order valence-electron chi connectivity index (χ4n) is 9.01. The standard InChI is InChI=1S/C45H28N6/c1-3-9-29(10-4-1)44-47-48-45(50(44)31-11-5-2-6-12-31)30-14-20-32(21-15-30)49-33-22-16-27-18-24-35-42-38(27)40(33)41-34(49)23-17-28-19-25-36(43(42)39(28)41)51(35)37-13-7-8-26-46-37/h1-16,18-26,35H,17H2. The fraction of sp³-hybridized carbons (Fsp3) is 0.0444. The highest BCUT2D eigenvalue weighted by molar-refractivity contribution is 6.30. The van der Waals surface area contributed by atoms with Crippen LogP contribution < -0.4 is 10.2 Å². The molecular weight excluding hydrogens is 625 g/mol. The van der Waals surface area contributed by atoms with Gasteiger partial charge in [0, 0.05) is 44.9 Å². The third-order valence-corrected chi connectivity index (χ3v) is 11.1. The maximum Gasteiger partial charge on any atom is 0.168 e. The van der Waals surface area contributed by atoms with Gasteiger partial charge in [-0.2, -0.15) is 0 Å². The topological polar surface area (TPSA) is 51.8 Å². The minimum Gasteiger partial charge on any atom is -0.315 e. The normalized spacial score (nSPS) is 15.2. The third-order valence-electron chi connectivity index (χ3n) is 11.1. The van der Waals surface area contributed by atoms with Gasteiger partial charge in [-0.25, -0.2) is 4.98 Å². The fourth-order valence-corrected chi connectivity index (χ4v) is 9.01. The van der Waals surface area contributed by atoms with Gasteiger partial charge in [-0.3, -0.25) is 4.57 Å². The van der Waals surface area contributed by atoms with Crippen molar-refractivity contribution in [2.24, 2.45) is 0 Å². The van der Waals surface area contributed by atoms with E-state index >= 15 is 0 Å². The van der Waals surface area contributed by atoms with Crippen LogP contribution in [0.5, 0.6) is 0 Å². The number of benzene rings is 6. The van der Waals surface area contributed by atoms with Gasteiger partial charge in [-0.15, -0.1) is 10.2 Å². The van der Waals surface area contributed by atoms with Crippen LogP contribution in [0.2, 0.25) is 0 Å². The Kier molecular flexibility index (Phi) is 5.25. The highest BCUT2D eigenvalue weighted by Gasteiger charge is 2.38. The summed E-state index contributed by atoms with van der Waals surface area (Å²) in [7, 11) is 0. The van der Waals surface area contributed by atoms with Crippen LogP contribution in [0, 0.1) is 0 Å². The smallest absolute Gasteiger partial charge is 0.168 e. The number of anilines is 2. The zero-order valence-corrected chi connectivity index (χ0v) is 27.4. The van der Waals surface area contributed by atoms with Crippen molar-refractivity contribution >= 4 is 56.1 Å². The molecule has 51 heavy (non-hydrogen) atoms. The summed E-state index contributed by atoms with van der Waals surface area (Å²) in [6, 6.07) is 45.1. The maximum atomic E-state index is 4.82. The highest BCUT2D eigenvalue weighted by atomic mass is 15.3. The van der Waals surface area contributed by atoms with Gasteiger partial charge >= 0.3 is 0 Å². The Hall–Kier alpha value is -6.79. The van der Waals surface area contributed by atoms with Crippen molar-refractivity contribution in [1.29, 1.82) is 0 Å².